The van der Waals surface area contributed by atoms with Gasteiger partial charge in [-0.1, -0.05) is 11.6 Å². The number of benzene rings is 1. The van der Waals surface area contributed by atoms with Gasteiger partial charge in [0.15, 0.2) is 5.69 Å². The van der Waals surface area contributed by atoms with Gasteiger partial charge in [0.1, 0.15) is 0 Å². The molecule has 0 fully saturated rings. The Labute approximate surface area is 153 Å². The van der Waals surface area contributed by atoms with E-state index in [0.29, 0.717) is 9.70 Å². The average molecular weight is 397 g/mol. The van der Waals surface area contributed by atoms with E-state index in [1.165, 1.54) is 24.3 Å². The van der Waals surface area contributed by atoms with Gasteiger partial charge >= 0.3 is 6.18 Å². The molecule has 10 heteroatoms. The first kappa shape index (κ1) is 21.3. The summed E-state index contributed by atoms with van der Waals surface area (Å²) in [5.41, 5.74) is -1.49. The molecule has 1 aromatic heterocycles. The standard InChI is InChI=1S/C15H16ClF3N4O.ClH/c1-9(20-2)7-21-14(24)12-8-22-23(13(12)15(17,18)19)11-5-3-10(16)4-6-11;/h3-6,8-9,20H,7H2,1-2H3,(H,21,24);1H. The van der Waals surface area contributed by atoms with Crippen molar-refractivity contribution in [1.29, 1.82) is 0 Å². The van der Waals surface area contributed by atoms with E-state index in [1.54, 1.807) is 14.0 Å². The SMILES string of the molecule is CNC(C)CNC(=O)c1cnn(-c2ccc(Cl)cc2)c1C(F)(F)F.Cl. The summed E-state index contributed by atoms with van der Waals surface area (Å²) in [6.07, 6.45) is -3.83. The molecular weight excluding hydrogens is 380 g/mol. The Morgan fingerprint density at radius 1 is 1.32 bits per heavy atom. The van der Waals surface area contributed by atoms with Gasteiger partial charge in [-0.15, -0.1) is 12.4 Å². The third-order valence-electron chi connectivity index (χ3n) is 3.42. The predicted octanol–water partition coefficient (Wildman–Crippen LogP) is 3.30. The summed E-state index contributed by atoms with van der Waals surface area (Å²) in [4.78, 5) is 12.1. The van der Waals surface area contributed by atoms with Crippen LogP contribution in [0.3, 0.4) is 0 Å². The second kappa shape index (κ2) is 8.55. The van der Waals surface area contributed by atoms with Crippen LogP contribution in [0.5, 0.6) is 0 Å². The lowest BCUT2D eigenvalue weighted by Gasteiger charge is -2.14. The number of aromatic nitrogens is 2. The molecule has 1 aromatic carbocycles. The number of alkyl halides is 3. The Hall–Kier alpha value is -1.77. The summed E-state index contributed by atoms with van der Waals surface area (Å²) < 4.78 is 41.0. The number of nitrogens with one attached hydrogen (secondary N) is 2. The average Bonchev–Trinajstić information content (AvgIpc) is 2.98. The molecule has 0 bridgehead atoms. The Bertz CT molecular complexity index is 717. The fourth-order valence-corrected chi connectivity index (χ4v) is 2.13. The number of carbonyl (C=O) groups is 1. The summed E-state index contributed by atoms with van der Waals surface area (Å²) in [7, 11) is 1.69. The second-order valence-electron chi connectivity index (χ2n) is 5.19. The molecule has 1 unspecified atom stereocenters. The van der Waals surface area contributed by atoms with Gasteiger partial charge in [0.05, 0.1) is 17.4 Å². The lowest BCUT2D eigenvalue weighted by Crippen LogP contribution is -2.37. The summed E-state index contributed by atoms with van der Waals surface area (Å²) in [5, 5.41) is 9.46. The Balaban J connectivity index is 0.00000312. The number of rotatable bonds is 5. The normalized spacial score (nSPS) is 12.4. The molecule has 0 saturated carbocycles. The maximum atomic E-state index is 13.5. The molecule has 5 nitrogen and oxygen atoms in total. The van der Waals surface area contributed by atoms with Gasteiger partial charge < -0.3 is 10.6 Å². The number of halogens is 5. The number of nitrogens with zero attached hydrogens (tertiary/aromatic N) is 2. The van der Waals surface area contributed by atoms with Crippen LogP contribution in [0.15, 0.2) is 30.5 Å². The fraction of sp³-hybridized carbons (Fsp3) is 0.333. The van der Waals surface area contributed by atoms with Crippen LogP contribution in [0.1, 0.15) is 23.0 Å². The molecule has 0 aliphatic rings. The first-order valence-electron chi connectivity index (χ1n) is 7.10. The third-order valence-corrected chi connectivity index (χ3v) is 3.67. The van der Waals surface area contributed by atoms with Gasteiger partial charge in [-0.2, -0.15) is 18.3 Å². The van der Waals surface area contributed by atoms with Gasteiger partial charge in [-0.3, -0.25) is 4.79 Å². The van der Waals surface area contributed by atoms with E-state index >= 15 is 0 Å². The monoisotopic (exact) mass is 396 g/mol. The van der Waals surface area contributed by atoms with Crippen molar-refractivity contribution < 1.29 is 18.0 Å². The number of carbonyl (C=O) groups excluding carboxylic acids is 1. The molecule has 2 rings (SSSR count). The molecular formula is C15H17Cl2F3N4O. The molecule has 2 N–H and O–H groups in total. The summed E-state index contributed by atoms with van der Waals surface area (Å²) in [5.74, 6) is -0.829. The van der Waals surface area contributed by atoms with E-state index in [1.807, 2.05) is 0 Å². The summed E-state index contributed by atoms with van der Waals surface area (Å²) >= 11 is 5.75. The van der Waals surface area contributed by atoms with E-state index < -0.39 is 23.3 Å². The van der Waals surface area contributed by atoms with Crippen LogP contribution in [0.2, 0.25) is 5.02 Å². The molecule has 0 saturated heterocycles. The Kier molecular flexibility index (Phi) is 7.28. The van der Waals surface area contributed by atoms with Crippen molar-refractivity contribution in [3.05, 3.63) is 46.7 Å². The molecule has 0 spiro atoms. The van der Waals surface area contributed by atoms with Crippen molar-refractivity contribution in [3.63, 3.8) is 0 Å². The van der Waals surface area contributed by atoms with E-state index in [4.69, 9.17) is 11.6 Å². The topological polar surface area (TPSA) is 58.9 Å². The fourth-order valence-electron chi connectivity index (χ4n) is 2.01. The van der Waals surface area contributed by atoms with Gasteiger partial charge in [-0.25, -0.2) is 4.68 Å². The molecule has 0 aliphatic heterocycles. The lowest BCUT2D eigenvalue weighted by molar-refractivity contribution is -0.143. The van der Waals surface area contributed by atoms with Crippen LogP contribution in [-0.4, -0.2) is 35.3 Å². The molecule has 25 heavy (non-hydrogen) atoms. The number of hydrogen-bond donors (Lipinski definition) is 2. The van der Waals surface area contributed by atoms with Gasteiger partial charge in [0.2, 0.25) is 0 Å². The van der Waals surface area contributed by atoms with E-state index in [-0.39, 0.29) is 30.7 Å². The van der Waals surface area contributed by atoms with E-state index in [9.17, 15) is 18.0 Å². The highest BCUT2D eigenvalue weighted by Crippen LogP contribution is 2.33. The summed E-state index contributed by atoms with van der Waals surface area (Å²) in [6.45, 7) is 1.99. The smallest absolute Gasteiger partial charge is 0.350 e. The molecule has 0 aliphatic carbocycles. The minimum absolute atomic E-state index is 0. The summed E-state index contributed by atoms with van der Waals surface area (Å²) in [6, 6.07) is 5.62. The van der Waals surface area contributed by atoms with Crippen LogP contribution in [0, 0.1) is 0 Å². The number of amides is 1. The van der Waals surface area contributed by atoms with E-state index in [0.717, 1.165) is 6.20 Å². The zero-order chi connectivity index (χ0) is 17.9. The minimum atomic E-state index is -4.74. The quantitative estimate of drug-likeness (QED) is 0.814. The van der Waals surface area contributed by atoms with Crippen LogP contribution in [0.4, 0.5) is 13.2 Å². The number of likely N-dealkylation sites (N-methyl/N-ethyl adjacent to an activating group) is 1. The van der Waals surface area contributed by atoms with Crippen molar-refractivity contribution in [2.45, 2.75) is 19.1 Å². The predicted molar refractivity (Wildman–Crippen MR) is 91.7 cm³/mol. The van der Waals surface area contributed by atoms with Crippen molar-refractivity contribution in [2.75, 3.05) is 13.6 Å². The molecule has 1 heterocycles. The molecule has 138 valence electrons. The molecule has 1 amide bonds. The zero-order valence-electron chi connectivity index (χ0n) is 13.4. The van der Waals surface area contributed by atoms with Crippen LogP contribution in [0.25, 0.3) is 5.69 Å². The zero-order valence-corrected chi connectivity index (χ0v) is 15.0. The Morgan fingerprint density at radius 2 is 1.92 bits per heavy atom. The maximum absolute atomic E-state index is 13.5. The Morgan fingerprint density at radius 3 is 2.44 bits per heavy atom. The van der Waals surface area contributed by atoms with Gasteiger partial charge in [0, 0.05) is 17.6 Å². The van der Waals surface area contributed by atoms with Crippen LogP contribution < -0.4 is 10.6 Å². The minimum Gasteiger partial charge on any atom is -0.350 e. The van der Waals surface area contributed by atoms with Crippen molar-refractivity contribution >= 4 is 29.9 Å². The highest BCUT2D eigenvalue weighted by Gasteiger charge is 2.40. The van der Waals surface area contributed by atoms with Crippen molar-refractivity contribution in [1.82, 2.24) is 20.4 Å². The molecule has 2 aromatic rings. The second-order valence-corrected chi connectivity index (χ2v) is 5.63. The highest BCUT2D eigenvalue weighted by molar-refractivity contribution is 6.30. The van der Waals surface area contributed by atoms with Crippen LogP contribution in [-0.2, 0) is 6.18 Å². The first-order chi connectivity index (χ1) is 11.2. The number of hydrogen-bond acceptors (Lipinski definition) is 3. The third kappa shape index (κ3) is 5.10. The highest BCUT2D eigenvalue weighted by atomic mass is 35.5. The first-order valence-corrected chi connectivity index (χ1v) is 7.48. The molecule has 1 atom stereocenters. The van der Waals surface area contributed by atoms with Crippen molar-refractivity contribution in [2.24, 2.45) is 0 Å². The largest absolute Gasteiger partial charge is 0.434 e. The van der Waals surface area contributed by atoms with Gasteiger partial charge in [-0.05, 0) is 38.2 Å². The lowest BCUT2D eigenvalue weighted by atomic mass is 10.2. The van der Waals surface area contributed by atoms with Crippen LogP contribution >= 0.6 is 24.0 Å². The van der Waals surface area contributed by atoms with E-state index in [2.05, 4.69) is 15.7 Å². The maximum Gasteiger partial charge on any atom is 0.434 e. The van der Waals surface area contributed by atoms with Crippen molar-refractivity contribution in [3.8, 4) is 5.69 Å². The molecule has 0 radical (unpaired) electrons. The van der Waals surface area contributed by atoms with Gasteiger partial charge in [0.25, 0.3) is 5.91 Å².